The van der Waals surface area contributed by atoms with Gasteiger partial charge in [-0.25, -0.2) is 4.39 Å². The van der Waals surface area contributed by atoms with Crippen molar-refractivity contribution in [2.45, 2.75) is 26.8 Å². The topological polar surface area (TPSA) is 29.3 Å². The molecule has 0 aliphatic carbocycles. The van der Waals surface area contributed by atoms with Crippen LogP contribution in [0.1, 0.15) is 20.8 Å². The van der Waals surface area contributed by atoms with Gasteiger partial charge in [0.15, 0.2) is 0 Å². The molecule has 0 saturated heterocycles. The van der Waals surface area contributed by atoms with Crippen molar-refractivity contribution >= 4 is 5.69 Å². The van der Waals surface area contributed by atoms with Crippen molar-refractivity contribution in [3.63, 3.8) is 0 Å². The highest BCUT2D eigenvalue weighted by Gasteiger charge is 2.12. The zero-order chi connectivity index (χ0) is 12.1. The molecular weight excluding hydrogens is 203 g/mol. The maximum Gasteiger partial charge on any atom is 0.123 e. The SMILES string of the molecule is CCN(CC(N)C(C)C)c1ccc(F)cc1. The van der Waals surface area contributed by atoms with Crippen LogP contribution in [0.5, 0.6) is 0 Å². The van der Waals surface area contributed by atoms with E-state index in [4.69, 9.17) is 5.73 Å². The zero-order valence-electron chi connectivity index (χ0n) is 10.3. The Morgan fingerprint density at radius 2 is 1.81 bits per heavy atom. The third-order valence-electron chi connectivity index (χ3n) is 2.86. The lowest BCUT2D eigenvalue weighted by Gasteiger charge is -2.28. The predicted molar refractivity (Wildman–Crippen MR) is 67.1 cm³/mol. The minimum Gasteiger partial charge on any atom is -0.370 e. The fraction of sp³-hybridized carbons (Fsp3) is 0.538. The molecule has 0 amide bonds. The highest BCUT2D eigenvalue weighted by molar-refractivity contribution is 5.46. The van der Waals surface area contributed by atoms with Gasteiger partial charge in [0.2, 0.25) is 0 Å². The van der Waals surface area contributed by atoms with Crippen LogP contribution >= 0.6 is 0 Å². The Hall–Kier alpha value is -1.09. The number of likely N-dealkylation sites (N-methyl/N-ethyl adjacent to an activating group) is 1. The quantitative estimate of drug-likeness (QED) is 0.833. The van der Waals surface area contributed by atoms with Crippen LogP contribution in [0.3, 0.4) is 0 Å². The van der Waals surface area contributed by atoms with E-state index in [2.05, 4.69) is 25.7 Å². The van der Waals surface area contributed by atoms with Crippen molar-refractivity contribution in [3.8, 4) is 0 Å². The van der Waals surface area contributed by atoms with Crippen LogP contribution < -0.4 is 10.6 Å². The van der Waals surface area contributed by atoms with Gasteiger partial charge < -0.3 is 10.6 Å². The van der Waals surface area contributed by atoms with Gasteiger partial charge in [-0.2, -0.15) is 0 Å². The lowest BCUT2D eigenvalue weighted by Crippen LogP contribution is -2.40. The predicted octanol–water partition coefficient (Wildman–Crippen LogP) is 2.64. The number of halogens is 1. The van der Waals surface area contributed by atoms with Crippen LogP contribution in [0.15, 0.2) is 24.3 Å². The Labute approximate surface area is 97.3 Å². The molecule has 1 aromatic carbocycles. The van der Waals surface area contributed by atoms with E-state index < -0.39 is 0 Å². The van der Waals surface area contributed by atoms with Crippen molar-refractivity contribution < 1.29 is 4.39 Å². The van der Waals surface area contributed by atoms with Gasteiger partial charge in [-0.1, -0.05) is 13.8 Å². The first-order valence-electron chi connectivity index (χ1n) is 5.80. The third-order valence-corrected chi connectivity index (χ3v) is 2.86. The lowest BCUT2D eigenvalue weighted by atomic mass is 10.0. The Morgan fingerprint density at radius 1 is 1.25 bits per heavy atom. The van der Waals surface area contributed by atoms with E-state index in [0.717, 1.165) is 18.8 Å². The number of rotatable bonds is 5. The van der Waals surface area contributed by atoms with Crippen LogP contribution in [0, 0.1) is 11.7 Å². The molecule has 0 bridgehead atoms. The molecule has 0 aliphatic heterocycles. The molecule has 1 atom stereocenters. The molecule has 16 heavy (non-hydrogen) atoms. The van der Waals surface area contributed by atoms with Crippen LogP contribution in [0.25, 0.3) is 0 Å². The number of nitrogens with two attached hydrogens (primary N) is 1. The van der Waals surface area contributed by atoms with E-state index in [1.54, 1.807) is 12.1 Å². The summed E-state index contributed by atoms with van der Waals surface area (Å²) >= 11 is 0. The first-order valence-corrected chi connectivity index (χ1v) is 5.80. The first-order chi connectivity index (χ1) is 7.54. The number of anilines is 1. The number of hydrogen-bond donors (Lipinski definition) is 1. The van der Waals surface area contributed by atoms with Crippen molar-refractivity contribution in [1.29, 1.82) is 0 Å². The summed E-state index contributed by atoms with van der Waals surface area (Å²) in [6.07, 6.45) is 0. The minimum absolute atomic E-state index is 0.144. The molecule has 1 rings (SSSR count). The number of nitrogens with zero attached hydrogens (tertiary/aromatic N) is 1. The van der Waals surface area contributed by atoms with Crippen LogP contribution in [-0.2, 0) is 0 Å². The van der Waals surface area contributed by atoms with E-state index in [1.807, 2.05) is 0 Å². The van der Waals surface area contributed by atoms with E-state index >= 15 is 0 Å². The maximum atomic E-state index is 12.8. The molecule has 0 aromatic heterocycles. The molecule has 90 valence electrons. The molecule has 0 radical (unpaired) electrons. The highest BCUT2D eigenvalue weighted by atomic mass is 19.1. The average molecular weight is 224 g/mol. The summed E-state index contributed by atoms with van der Waals surface area (Å²) < 4.78 is 12.8. The van der Waals surface area contributed by atoms with Gasteiger partial charge in [0, 0.05) is 24.8 Å². The fourth-order valence-electron chi connectivity index (χ4n) is 1.53. The van der Waals surface area contributed by atoms with E-state index in [1.165, 1.54) is 12.1 Å². The summed E-state index contributed by atoms with van der Waals surface area (Å²) in [6, 6.07) is 6.71. The molecule has 0 aliphatic rings. The molecule has 0 heterocycles. The third kappa shape index (κ3) is 3.49. The minimum atomic E-state index is -0.201. The Kier molecular flexibility index (Phi) is 4.74. The Morgan fingerprint density at radius 3 is 2.25 bits per heavy atom. The largest absolute Gasteiger partial charge is 0.370 e. The summed E-state index contributed by atoms with van der Waals surface area (Å²) in [5.74, 6) is 0.252. The molecule has 3 heteroatoms. The van der Waals surface area contributed by atoms with Gasteiger partial charge >= 0.3 is 0 Å². The van der Waals surface area contributed by atoms with Gasteiger partial charge in [0.25, 0.3) is 0 Å². The standard InChI is InChI=1S/C13H21FN2/c1-4-16(9-13(15)10(2)3)12-7-5-11(14)6-8-12/h5-8,10,13H,4,9,15H2,1-3H3. The summed E-state index contributed by atoms with van der Waals surface area (Å²) in [6.45, 7) is 7.99. The lowest BCUT2D eigenvalue weighted by molar-refractivity contribution is 0.487. The van der Waals surface area contributed by atoms with Gasteiger partial charge in [0.1, 0.15) is 5.82 Å². The van der Waals surface area contributed by atoms with Crippen LogP contribution in [-0.4, -0.2) is 19.1 Å². The molecule has 1 aromatic rings. The maximum absolute atomic E-state index is 12.8. The number of benzene rings is 1. The second-order valence-corrected chi connectivity index (χ2v) is 4.42. The van der Waals surface area contributed by atoms with Crippen LogP contribution in [0.4, 0.5) is 10.1 Å². The van der Waals surface area contributed by atoms with Crippen molar-refractivity contribution in [2.75, 3.05) is 18.0 Å². The normalized spacial score (nSPS) is 12.9. The summed E-state index contributed by atoms with van der Waals surface area (Å²) in [5.41, 5.74) is 7.07. The zero-order valence-corrected chi connectivity index (χ0v) is 10.3. The first kappa shape index (κ1) is 13.0. The molecule has 1 unspecified atom stereocenters. The van der Waals surface area contributed by atoms with Crippen LogP contribution in [0.2, 0.25) is 0 Å². The average Bonchev–Trinajstić information content (AvgIpc) is 2.26. The van der Waals surface area contributed by atoms with Crippen molar-refractivity contribution in [1.82, 2.24) is 0 Å². The Balaban J connectivity index is 2.70. The van der Waals surface area contributed by atoms with Gasteiger partial charge in [-0.05, 0) is 37.1 Å². The second kappa shape index (κ2) is 5.85. The molecule has 2 nitrogen and oxygen atoms in total. The second-order valence-electron chi connectivity index (χ2n) is 4.42. The Bertz CT molecular complexity index is 308. The molecule has 0 spiro atoms. The van der Waals surface area contributed by atoms with Gasteiger partial charge in [-0.15, -0.1) is 0 Å². The number of hydrogen-bond acceptors (Lipinski definition) is 2. The van der Waals surface area contributed by atoms with E-state index in [0.29, 0.717) is 5.92 Å². The van der Waals surface area contributed by atoms with Gasteiger partial charge in [-0.3, -0.25) is 0 Å². The highest BCUT2D eigenvalue weighted by Crippen LogP contribution is 2.15. The smallest absolute Gasteiger partial charge is 0.123 e. The fourth-order valence-corrected chi connectivity index (χ4v) is 1.53. The van der Waals surface area contributed by atoms with Crippen molar-refractivity contribution in [3.05, 3.63) is 30.1 Å². The summed E-state index contributed by atoms with van der Waals surface area (Å²) in [5, 5.41) is 0. The molecule has 0 saturated carbocycles. The van der Waals surface area contributed by atoms with E-state index in [-0.39, 0.29) is 11.9 Å². The summed E-state index contributed by atoms with van der Waals surface area (Å²) in [4.78, 5) is 2.17. The van der Waals surface area contributed by atoms with E-state index in [9.17, 15) is 4.39 Å². The molecular formula is C13H21FN2. The molecule has 2 N–H and O–H groups in total. The van der Waals surface area contributed by atoms with Crippen molar-refractivity contribution in [2.24, 2.45) is 11.7 Å². The van der Waals surface area contributed by atoms with Gasteiger partial charge in [0.05, 0.1) is 0 Å². The monoisotopic (exact) mass is 224 g/mol. The summed E-state index contributed by atoms with van der Waals surface area (Å²) in [7, 11) is 0. The molecule has 0 fully saturated rings.